The molecule has 1 aromatic heterocycles. The molecule has 0 aliphatic heterocycles. The van der Waals surface area contributed by atoms with Crippen LogP contribution in [0.4, 0.5) is 5.82 Å². The first-order valence-corrected chi connectivity index (χ1v) is 7.06. The van der Waals surface area contributed by atoms with E-state index in [-0.39, 0.29) is 5.25 Å². The average Bonchev–Trinajstić information content (AvgIpc) is 2.35. The Hall–Kier alpha value is -1.49. The van der Waals surface area contributed by atoms with Crippen molar-refractivity contribution in [3.63, 3.8) is 0 Å². The van der Waals surface area contributed by atoms with Gasteiger partial charge in [0.25, 0.3) is 0 Å². The van der Waals surface area contributed by atoms with Gasteiger partial charge >= 0.3 is 0 Å². The molecule has 2 atom stereocenters. The van der Waals surface area contributed by atoms with E-state index < -0.39 is 10.8 Å². The lowest BCUT2D eigenvalue weighted by Gasteiger charge is -2.11. The molecule has 0 fully saturated rings. The van der Waals surface area contributed by atoms with Gasteiger partial charge in [0, 0.05) is 34.2 Å². The van der Waals surface area contributed by atoms with Crippen LogP contribution in [-0.4, -0.2) is 32.2 Å². The molecule has 0 spiro atoms. The van der Waals surface area contributed by atoms with Crippen molar-refractivity contribution in [2.24, 2.45) is 0 Å². The van der Waals surface area contributed by atoms with Crippen LogP contribution < -0.4 is 5.32 Å². The molecular weight excluding hydrogens is 234 g/mol. The first-order valence-electron chi connectivity index (χ1n) is 5.44. The fraction of sp³-hybridized carbons (Fsp3) is 0.333. The van der Waals surface area contributed by atoms with Gasteiger partial charge in [-0.05, 0) is 19.1 Å². The number of nitrogens with one attached hydrogen (secondary N) is 1. The van der Waals surface area contributed by atoms with E-state index in [4.69, 9.17) is 0 Å². The Bertz CT molecular complexity index is 539. The third-order valence-electron chi connectivity index (χ3n) is 2.67. The fourth-order valence-corrected chi connectivity index (χ4v) is 1.82. The number of hydrogen-bond donors (Lipinski definition) is 1. The molecule has 4 nitrogen and oxygen atoms in total. The van der Waals surface area contributed by atoms with E-state index in [1.165, 1.54) is 6.33 Å². The molecular formula is C12H15N3OS. The number of hydrogen-bond acceptors (Lipinski definition) is 4. The lowest BCUT2D eigenvalue weighted by molar-refractivity contribution is 0.679. The SMILES string of the molecule is CC(CNc1ncnc2ccccc12)S(C)=O. The summed E-state index contributed by atoms with van der Waals surface area (Å²) in [4.78, 5) is 8.41. The van der Waals surface area contributed by atoms with Crippen LogP contribution in [0, 0.1) is 0 Å². The van der Waals surface area contributed by atoms with Crippen molar-refractivity contribution in [1.82, 2.24) is 9.97 Å². The van der Waals surface area contributed by atoms with Crippen molar-refractivity contribution in [1.29, 1.82) is 0 Å². The monoisotopic (exact) mass is 249 g/mol. The van der Waals surface area contributed by atoms with E-state index in [9.17, 15) is 4.21 Å². The maximum absolute atomic E-state index is 11.3. The highest BCUT2D eigenvalue weighted by Gasteiger charge is 2.07. The summed E-state index contributed by atoms with van der Waals surface area (Å²) in [6.07, 6.45) is 3.25. The van der Waals surface area contributed by atoms with E-state index in [1.807, 2.05) is 31.2 Å². The molecule has 0 amide bonds. The standard InChI is InChI=1S/C12H15N3OS/c1-9(17(2)16)7-13-12-10-5-3-4-6-11(10)14-8-15-12/h3-6,8-9H,7H2,1-2H3,(H,13,14,15). The van der Waals surface area contributed by atoms with Crippen LogP contribution in [0.3, 0.4) is 0 Å². The van der Waals surface area contributed by atoms with Crippen molar-refractivity contribution < 1.29 is 4.21 Å². The zero-order valence-electron chi connectivity index (χ0n) is 9.88. The Labute approximate surface area is 103 Å². The Kier molecular flexibility index (Phi) is 3.68. The van der Waals surface area contributed by atoms with Gasteiger partial charge in [0.15, 0.2) is 0 Å². The summed E-state index contributed by atoms with van der Waals surface area (Å²) >= 11 is 0. The molecule has 0 aliphatic rings. The van der Waals surface area contributed by atoms with Crippen LogP contribution in [0.15, 0.2) is 30.6 Å². The normalized spacial score (nSPS) is 14.5. The second-order valence-electron chi connectivity index (χ2n) is 3.93. The largest absolute Gasteiger partial charge is 0.368 e. The van der Waals surface area contributed by atoms with Gasteiger partial charge in [0.2, 0.25) is 0 Å². The first-order chi connectivity index (χ1) is 8.18. The van der Waals surface area contributed by atoms with Crippen LogP contribution in [0.5, 0.6) is 0 Å². The summed E-state index contributed by atoms with van der Waals surface area (Å²) < 4.78 is 11.3. The van der Waals surface area contributed by atoms with E-state index in [2.05, 4.69) is 15.3 Å². The number of para-hydroxylation sites is 1. The lowest BCUT2D eigenvalue weighted by atomic mass is 10.2. The number of fused-ring (bicyclic) bond motifs is 1. The Morgan fingerprint density at radius 2 is 2.12 bits per heavy atom. The third-order valence-corrected chi connectivity index (χ3v) is 3.97. The molecule has 17 heavy (non-hydrogen) atoms. The predicted molar refractivity (Wildman–Crippen MR) is 71.6 cm³/mol. The van der Waals surface area contributed by atoms with Gasteiger partial charge in [-0.2, -0.15) is 0 Å². The van der Waals surface area contributed by atoms with E-state index in [0.717, 1.165) is 16.7 Å². The third kappa shape index (κ3) is 2.79. The molecule has 1 heterocycles. The van der Waals surface area contributed by atoms with E-state index in [0.29, 0.717) is 6.54 Å². The van der Waals surface area contributed by atoms with Gasteiger partial charge in [-0.15, -0.1) is 0 Å². The number of rotatable bonds is 4. The maximum atomic E-state index is 11.3. The molecule has 2 unspecified atom stereocenters. The molecule has 90 valence electrons. The predicted octanol–water partition coefficient (Wildman–Crippen LogP) is 1.81. The maximum Gasteiger partial charge on any atom is 0.137 e. The molecule has 1 N–H and O–H groups in total. The highest BCUT2D eigenvalue weighted by molar-refractivity contribution is 7.84. The van der Waals surface area contributed by atoms with E-state index >= 15 is 0 Å². The van der Waals surface area contributed by atoms with Gasteiger partial charge in [-0.25, -0.2) is 9.97 Å². The quantitative estimate of drug-likeness (QED) is 0.898. The summed E-state index contributed by atoms with van der Waals surface area (Å²) in [5.41, 5.74) is 0.912. The highest BCUT2D eigenvalue weighted by atomic mass is 32.2. The Balaban J connectivity index is 2.21. The van der Waals surface area contributed by atoms with Crippen molar-refractivity contribution in [3.8, 4) is 0 Å². The molecule has 0 saturated carbocycles. The highest BCUT2D eigenvalue weighted by Crippen LogP contribution is 2.18. The van der Waals surface area contributed by atoms with Crippen molar-refractivity contribution >= 4 is 27.5 Å². The molecule has 0 aliphatic carbocycles. The minimum atomic E-state index is -0.824. The minimum absolute atomic E-state index is 0.101. The number of anilines is 1. The van der Waals surface area contributed by atoms with Crippen LogP contribution in [0.25, 0.3) is 10.9 Å². The Morgan fingerprint density at radius 3 is 2.88 bits per heavy atom. The fourth-order valence-electron chi connectivity index (χ4n) is 1.50. The summed E-state index contributed by atoms with van der Waals surface area (Å²) in [6, 6.07) is 7.83. The smallest absolute Gasteiger partial charge is 0.137 e. The summed E-state index contributed by atoms with van der Waals surface area (Å²) in [5.74, 6) is 0.799. The van der Waals surface area contributed by atoms with Gasteiger partial charge in [-0.1, -0.05) is 12.1 Å². The zero-order chi connectivity index (χ0) is 12.3. The molecule has 0 radical (unpaired) electrons. The molecule has 1 aromatic carbocycles. The van der Waals surface area contributed by atoms with Crippen molar-refractivity contribution in [2.75, 3.05) is 18.1 Å². The summed E-state index contributed by atoms with van der Waals surface area (Å²) in [5, 5.41) is 4.32. The van der Waals surface area contributed by atoms with Crippen molar-refractivity contribution in [2.45, 2.75) is 12.2 Å². The zero-order valence-corrected chi connectivity index (χ0v) is 10.7. The second kappa shape index (κ2) is 5.23. The lowest BCUT2D eigenvalue weighted by Crippen LogP contribution is -2.21. The Morgan fingerprint density at radius 1 is 1.35 bits per heavy atom. The topological polar surface area (TPSA) is 54.9 Å². The van der Waals surface area contributed by atoms with Crippen LogP contribution >= 0.6 is 0 Å². The molecule has 0 bridgehead atoms. The molecule has 2 aromatic rings. The number of aromatic nitrogens is 2. The van der Waals surface area contributed by atoms with Gasteiger partial charge < -0.3 is 5.32 Å². The van der Waals surface area contributed by atoms with Gasteiger partial charge in [-0.3, -0.25) is 4.21 Å². The van der Waals surface area contributed by atoms with Crippen LogP contribution in [0.1, 0.15) is 6.92 Å². The van der Waals surface area contributed by atoms with E-state index in [1.54, 1.807) is 6.26 Å². The van der Waals surface area contributed by atoms with Crippen LogP contribution in [0.2, 0.25) is 0 Å². The summed E-state index contributed by atoms with van der Waals surface area (Å²) in [7, 11) is -0.824. The average molecular weight is 249 g/mol. The van der Waals surface area contributed by atoms with Gasteiger partial charge in [0.1, 0.15) is 12.1 Å². The first kappa shape index (κ1) is 12.0. The van der Waals surface area contributed by atoms with Crippen molar-refractivity contribution in [3.05, 3.63) is 30.6 Å². The van der Waals surface area contributed by atoms with Gasteiger partial charge in [0.05, 0.1) is 5.52 Å². The molecule has 5 heteroatoms. The number of benzene rings is 1. The van der Waals surface area contributed by atoms with Crippen LogP contribution in [-0.2, 0) is 10.8 Å². The second-order valence-corrected chi connectivity index (χ2v) is 5.73. The molecule has 2 rings (SSSR count). The number of nitrogens with zero attached hydrogens (tertiary/aromatic N) is 2. The summed E-state index contributed by atoms with van der Waals surface area (Å²) in [6.45, 7) is 2.59. The molecule has 0 saturated heterocycles. The minimum Gasteiger partial charge on any atom is -0.368 e.